The molecule has 0 saturated heterocycles. The summed E-state index contributed by atoms with van der Waals surface area (Å²) in [6.45, 7) is 17.6. The molecule has 1 radical (unpaired) electrons. The van der Waals surface area contributed by atoms with Crippen LogP contribution in [0.25, 0.3) is 5.41 Å². The minimum Gasteiger partial charge on any atom is -0.853 e. The van der Waals surface area contributed by atoms with Crippen molar-refractivity contribution in [2.45, 2.75) is 79.6 Å². The molecule has 0 saturated carbocycles. The maximum Gasteiger partial charge on any atom is 3.00 e. The van der Waals surface area contributed by atoms with Crippen LogP contribution in [0.3, 0.4) is 0 Å². The molecule has 6 heteroatoms. The third kappa shape index (κ3) is 10.5. The fraction of sp³-hybridized carbons (Fsp3) is 0.364. The fourth-order valence-electron chi connectivity index (χ4n) is 4.48. The molecule has 0 amide bonds. The largest absolute Gasteiger partial charge is 3.00 e. The van der Waals surface area contributed by atoms with Gasteiger partial charge in [0.25, 0.3) is 0 Å². The van der Waals surface area contributed by atoms with Gasteiger partial charge in [0, 0.05) is 32.4 Å². The summed E-state index contributed by atoms with van der Waals surface area (Å²) in [4.78, 5) is 0. The number of hydrogen-bond acceptors (Lipinski definition) is 2. The van der Waals surface area contributed by atoms with Crippen molar-refractivity contribution in [1.29, 1.82) is 0 Å². The van der Waals surface area contributed by atoms with E-state index in [9.17, 15) is 5.41 Å². The normalized spacial score (nSPS) is 11.3. The fourth-order valence-corrected chi connectivity index (χ4v) is 8.76. The predicted molar refractivity (Wildman–Crippen MR) is 170 cm³/mol. The molecule has 3 nitrogen and oxygen atoms in total. The molecule has 0 N–H and O–H groups in total. The van der Waals surface area contributed by atoms with Crippen molar-refractivity contribution in [3.05, 3.63) is 108 Å². The average Bonchev–Trinajstić information content (AvgIpc) is 2.89. The Kier molecular flexibility index (Phi) is 16.5. The Bertz CT molecular complexity index is 1050. The molecule has 3 aromatic rings. The van der Waals surface area contributed by atoms with Crippen LogP contribution in [0.2, 0.25) is 0 Å². The quantitative estimate of drug-likeness (QED) is 0.0980. The summed E-state index contributed by atoms with van der Waals surface area (Å²) in [6.07, 6.45) is 7.41. The molecule has 0 aliphatic heterocycles. The topological polar surface area (TPSA) is 28.8 Å². The second-order valence-corrected chi connectivity index (χ2v) is 14.0. The SMILES string of the molecule is CC(C)N(C(C)C)P(C(=[N-])c1[c-]cccc1)N(C(C)C)C(C)C.[C-]#CP(c1ccccc1)c1ccccc1.[Zr+3]. The number of hydrogen-bond donors (Lipinski definition) is 0. The van der Waals surface area contributed by atoms with Gasteiger partial charge in [-0.05, 0) is 73.9 Å². The van der Waals surface area contributed by atoms with Gasteiger partial charge in [-0.3, -0.25) is 9.34 Å². The number of rotatable bonds is 10. The van der Waals surface area contributed by atoms with Crippen molar-refractivity contribution in [1.82, 2.24) is 9.34 Å². The second-order valence-electron chi connectivity index (χ2n) is 10.1. The molecule has 0 aromatic heterocycles. The summed E-state index contributed by atoms with van der Waals surface area (Å²) in [5.74, 6) is 0. The summed E-state index contributed by atoms with van der Waals surface area (Å²) >= 11 is 0. The van der Waals surface area contributed by atoms with Gasteiger partial charge in [0.2, 0.25) is 0 Å². The van der Waals surface area contributed by atoms with E-state index in [-0.39, 0.29) is 26.2 Å². The zero-order valence-electron chi connectivity index (χ0n) is 24.6. The van der Waals surface area contributed by atoms with Gasteiger partial charge < -0.3 is 17.5 Å². The smallest absolute Gasteiger partial charge is 0.853 e. The third-order valence-electron chi connectivity index (χ3n) is 5.83. The third-order valence-corrected chi connectivity index (χ3v) is 11.0. The number of nitrogens with zero attached hydrogens (tertiary/aromatic N) is 3. The Balaban J connectivity index is 0.000000410. The minimum absolute atomic E-state index is 0. The van der Waals surface area contributed by atoms with E-state index in [4.69, 9.17) is 6.42 Å². The van der Waals surface area contributed by atoms with E-state index >= 15 is 0 Å². The van der Waals surface area contributed by atoms with E-state index in [2.05, 4.69) is 101 Å². The van der Waals surface area contributed by atoms with E-state index in [1.54, 1.807) is 0 Å². The van der Waals surface area contributed by atoms with Gasteiger partial charge in [-0.25, -0.2) is 5.45 Å². The summed E-state index contributed by atoms with van der Waals surface area (Å²) in [5.41, 5.74) is 3.90. The van der Waals surface area contributed by atoms with E-state index in [0.29, 0.717) is 29.6 Å². The molecule has 0 aliphatic carbocycles. The van der Waals surface area contributed by atoms with Crippen LogP contribution in [0.4, 0.5) is 0 Å². The van der Waals surface area contributed by atoms with Gasteiger partial charge in [-0.1, -0.05) is 60.7 Å². The van der Waals surface area contributed by atoms with E-state index < -0.39 is 16.1 Å². The maximum atomic E-state index is 11.1. The first kappa shape index (κ1) is 35.6. The molecule has 0 atom stereocenters. The second kappa shape index (κ2) is 18.1. The van der Waals surface area contributed by atoms with Crippen molar-refractivity contribution in [3.8, 4) is 5.66 Å². The first-order valence-corrected chi connectivity index (χ1v) is 15.9. The maximum absolute atomic E-state index is 11.1. The summed E-state index contributed by atoms with van der Waals surface area (Å²) in [5, 5.41) is 13.5. The van der Waals surface area contributed by atoms with Crippen LogP contribution in [0.15, 0.2) is 84.9 Å². The molecular weight excluding hydrogens is 592 g/mol. The van der Waals surface area contributed by atoms with Gasteiger partial charge in [-0.15, -0.1) is 30.3 Å². The van der Waals surface area contributed by atoms with E-state index in [1.165, 1.54) is 10.6 Å². The average molecular weight is 634 g/mol. The summed E-state index contributed by atoms with van der Waals surface area (Å²) in [7, 11) is -1.71. The van der Waals surface area contributed by atoms with Crippen molar-refractivity contribution in [3.63, 3.8) is 0 Å². The molecule has 3 aromatic carbocycles. The summed E-state index contributed by atoms with van der Waals surface area (Å²) in [6, 6.07) is 32.5. The molecule has 0 heterocycles. The van der Waals surface area contributed by atoms with Crippen molar-refractivity contribution >= 4 is 32.2 Å². The Morgan fingerprint density at radius 2 is 1.08 bits per heavy atom. The van der Waals surface area contributed by atoms with Gasteiger partial charge in [0.1, 0.15) is 0 Å². The summed E-state index contributed by atoms with van der Waals surface area (Å²) < 4.78 is 4.87. The number of benzene rings is 3. The monoisotopic (exact) mass is 632 g/mol. The van der Waals surface area contributed by atoms with Crippen LogP contribution in [0, 0.1) is 18.2 Å². The van der Waals surface area contributed by atoms with Crippen molar-refractivity contribution < 1.29 is 26.2 Å². The molecule has 203 valence electrons. The minimum atomic E-state index is -0.975. The zero-order valence-corrected chi connectivity index (χ0v) is 28.9. The zero-order chi connectivity index (χ0) is 28.2. The first-order valence-electron chi connectivity index (χ1n) is 13.3. The van der Waals surface area contributed by atoms with E-state index in [0.717, 1.165) is 5.56 Å². The molecule has 0 fully saturated rings. The van der Waals surface area contributed by atoms with Crippen LogP contribution in [-0.4, -0.2) is 39.0 Å². The van der Waals surface area contributed by atoms with E-state index in [1.807, 2.05) is 60.7 Å². The van der Waals surface area contributed by atoms with Crippen LogP contribution in [-0.2, 0) is 26.2 Å². The molecule has 3 rings (SSSR count). The van der Waals surface area contributed by atoms with Gasteiger partial charge >= 0.3 is 26.2 Å². The van der Waals surface area contributed by atoms with Crippen LogP contribution < -0.4 is 10.6 Å². The Morgan fingerprint density at radius 3 is 1.38 bits per heavy atom. The first-order chi connectivity index (χ1) is 18.1. The van der Waals surface area contributed by atoms with Crippen molar-refractivity contribution in [2.24, 2.45) is 0 Å². The molecule has 39 heavy (non-hydrogen) atoms. The Hall–Kier alpha value is -1.45. The molecular formula is C33H42N3P2Zr. The van der Waals surface area contributed by atoms with Gasteiger partial charge in [0.15, 0.2) is 0 Å². The molecule has 0 unspecified atom stereocenters. The van der Waals surface area contributed by atoms with Gasteiger partial charge in [0.05, 0.1) is 0 Å². The van der Waals surface area contributed by atoms with Gasteiger partial charge in [-0.2, -0.15) is 5.56 Å². The predicted octanol–water partition coefficient (Wildman–Crippen LogP) is 8.02. The Morgan fingerprint density at radius 1 is 0.692 bits per heavy atom. The molecule has 0 spiro atoms. The van der Waals surface area contributed by atoms with Crippen LogP contribution in [0.1, 0.15) is 61.0 Å². The van der Waals surface area contributed by atoms with Crippen LogP contribution >= 0.6 is 16.1 Å². The molecule has 0 aliphatic rings. The Labute approximate surface area is 260 Å². The molecule has 0 bridgehead atoms. The standard InChI is InChI=1S/C19H32N3P.C14H10P.Zr/c1-14(2)21(15(3)4)23(22(16(5)6)17(7)8)19(20)18-12-10-9-11-13-18;1-2-15(13-9-5-3-6-10-13)14-11-7-4-8-12-14;/h9-12,14-17H,1-8H3;3-12H;/q-2;-1;+3. The van der Waals surface area contributed by atoms with Crippen molar-refractivity contribution in [2.75, 3.05) is 0 Å². The van der Waals surface area contributed by atoms with Crippen LogP contribution in [0.5, 0.6) is 0 Å².